The summed E-state index contributed by atoms with van der Waals surface area (Å²) in [5.41, 5.74) is 0. The molecular formula is C64H119NO10. The Bertz CT molecular complexity index is 1360. The number of hydrogen-bond donors (Lipinski definition) is 6. The van der Waals surface area contributed by atoms with Crippen LogP contribution < -0.4 is 5.32 Å². The molecule has 0 saturated carbocycles. The summed E-state index contributed by atoms with van der Waals surface area (Å²) in [7, 11) is 0. The van der Waals surface area contributed by atoms with Gasteiger partial charge in [0, 0.05) is 6.42 Å². The highest BCUT2D eigenvalue weighted by molar-refractivity contribution is 5.80. The highest BCUT2D eigenvalue weighted by Crippen LogP contribution is 2.26. The SMILES string of the molecule is CCCC/C=C\CCCCCCCC(=O)OC1C(OCC(NC(=O)C(O)CCCCCCCCCCCCCCCC/C=C/CCCCCCCC)C(O)/C=C/CCCCCCCCCCC)OC(CO)C(O)C1O. The smallest absolute Gasteiger partial charge is 0.306 e. The van der Waals surface area contributed by atoms with E-state index < -0.39 is 67.4 Å². The summed E-state index contributed by atoms with van der Waals surface area (Å²) in [4.78, 5) is 26.5. The lowest BCUT2D eigenvalue weighted by Gasteiger charge is -2.41. The molecule has 0 aromatic rings. The third-order valence-corrected chi connectivity index (χ3v) is 15.0. The molecule has 75 heavy (non-hydrogen) atoms. The molecule has 1 aliphatic heterocycles. The van der Waals surface area contributed by atoms with E-state index in [0.29, 0.717) is 19.3 Å². The van der Waals surface area contributed by atoms with Gasteiger partial charge in [-0.05, 0) is 70.6 Å². The summed E-state index contributed by atoms with van der Waals surface area (Å²) in [6.45, 7) is 5.74. The fraction of sp³-hybridized carbons (Fsp3) is 0.875. The highest BCUT2D eigenvalue weighted by Gasteiger charge is 2.47. The molecule has 1 aliphatic rings. The second kappa shape index (κ2) is 52.6. The number of aliphatic hydroxyl groups is 5. The van der Waals surface area contributed by atoms with Crippen molar-refractivity contribution in [3.05, 3.63) is 36.5 Å². The Kier molecular flexibility index (Phi) is 49.7. The number of carbonyl (C=O) groups excluding carboxylic acids is 2. The molecule has 1 fully saturated rings. The minimum atomic E-state index is -1.61. The third-order valence-electron chi connectivity index (χ3n) is 15.0. The van der Waals surface area contributed by atoms with E-state index in [1.165, 1.54) is 173 Å². The maximum absolute atomic E-state index is 13.4. The molecule has 6 N–H and O–H groups in total. The molecule has 11 nitrogen and oxygen atoms in total. The summed E-state index contributed by atoms with van der Waals surface area (Å²) >= 11 is 0. The van der Waals surface area contributed by atoms with E-state index in [2.05, 4.69) is 50.4 Å². The first-order chi connectivity index (χ1) is 36.7. The molecule has 8 unspecified atom stereocenters. The van der Waals surface area contributed by atoms with Gasteiger partial charge in [0.25, 0.3) is 0 Å². The van der Waals surface area contributed by atoms with Gasteiger partial charge in [-0.15, -0.1) is 0 Å². The Morgan fingerprint density at radius 3 is 1.33 bits per heavy atom. The molecule has 8 atom stereocenters. The Hall–Kier alpha value is -2.12. The van der Waals surface area contributed by atoms with Crippen LogP contribution in [0, 0.1) is 0 Å². The molecule has 1 heterocycles. The van der Waals surface area contributed by atoms with E-state index in [4.69, 9.17) is 14.2 Å². The third kappa shape index (κ3) is 40.7. The standard InChI is InChI=1S/C64H119NO10/c1-4-7-10-13-16-19-22-23-24-25-26-27-28-29-30-31-32-33-34-37-39-42-45-48-51-57(68)63(72)65-55(56(67)50-47-44-41-38-35-20-17-14-11-8-5-2)54-73-64-62(61(71)60(70)58(53-66)74-64)75-59(69)52-49-46-43-40-36-21-18-15-12-9-6-3/h15,18,23-24,47,50,55-58,60-62,64,66-68,70-71H,4-14,16-17,19-22,25-46,48-49,51-54H2,1-3H3,(H,65,72)/b18-15-,24-23+,50-47+. The van der Waals surface area contributed by atoms with E-state index in [0.717, 1.165) is 77.0 Å². The highest BCUT2D eigenvalue weighted by atomic mass is 16.7. The summed E-state index contributed by atoms with van der Waals surface area (Å²) in [5.74, 6) is -1.20. The van der Waals surface area contributed by atoms with Gasteiger partial charge in [0.2, 0.25) is 5.91 Å². The van der Waals surface area contributed by atoms with Crippen molar-refractivity contribution >= 4 is 11.9 Å². The maximum Gasteiger partial charge on any atom is 0.306 e. The number of esters is 1. The lowest BCUT2D eigenvalue weighted by atomic mass is 9.99. The summed E-state index contributed by atoms with van der Waals surface area (Å²) in [6, 6.07) is -1.02. The maximum atomic E-state index is 13.4. The summed E-state index contributed by atoms with van der Waals surface area (Å²) in [5, 5.41) is 56.9. The number of ether oxygens (including phenoxy) is 3. The minimum Gasteiger partial charge on any atom is -0.454 e. The molecule has 440 valence electrons. The molecule has 0 aromatic carbocycles. The van der Waals surface area contributed by atoms with Crippen molar-refractivity contribution in [2.45, 2.75) is 346 Å². The molecule has 1 amide bonds. The van der Waals surface area contributed by atoms with E-state index in [-0.39, 0.29) is 13.0 Å². The molecule has 0 radical (unpaired) electrons. The quantitative estimate of drug-likeness (QED) is 0.0195. The Morgan fingerprint density at radius 2 is 0.893 bits per heavy atom. The molecule has 1 saturated heterocycles. The van der Waals surface area contributed by atoms with Crippen LogP contribution >= 0.6 is 0 Å². The van der Waals surface area contributed by atoms with Crippen molar-refractivity contribution in [3.63, 3.8) is 0 Å². The molecule has 0 bridgehead atoms. The van der Waals surface area contributed by atoms with E-state index in [9.17, 15) is 35.1 Å². The first-order valence-corrected chi connectivity index (χ1v) is 31.8. The van der Waals surface area contributed by atoms with Crippen LogP contribution in [0.25, 0.3) is 0 Å². The average molecular weight is 1060 g/mol. The van der Waals surface area contributed by atoms with Gasteiger partial charge in [0.05, 0.1) is 25.4 Å². The number of amides is 1. The van der Waals surface area contributed by atoms with Crippen molar-refractivity contribution in [3.8, 4) is 0 Å². The topological polar surface area (TPSA) is 175 Å². The van der Waals surface area contributed by atoms with Crippen LogP contribution in [0.5, 0.6) is 0 Å². The Labute approximate surface area is 460 Å². The molecule has 0 spiro atoms. The van der Waals surface area contributed by atoms with Crippen LogP contribution in [-0.2, 0) is 23.8 Å². The van der Waals surface area contributed by atoms with Crippen molar-refractivity contribution in [2.75, 3.05) is 13.2 Å². The number of hydrogen-bond acceptors (Lipinski definition) is 10. The molecule has 1 rings (SSSR count). The van der Waals surface area contributed by atoms with E-state index in [1.807, 2.05) is 6.08 Å². The predicted molar refractivity (Wildman–Crippen MR) is 311 cm³/mol. The van der Waals surface area contributed by atoms with Gasteiger partial charge in [0.15, 0.2) is 12.4 Å². The van der Waals surface area contributed by atoms with Gasteiger partial charge >= 0.3 is 5.97 Å². The van der Waals surface area contributed by atoms with Crippen LogP contribution in [-0.4, -0.2) is 99.6 Å². The van der Waals surface area contributed by atoms with Gasteiger partial charge in [-0.25, -0.2) is 0 Å². The predicted octanol–water partition coefficient (Wildman–Crippen LogP) is 15.1. The molecule has 0 aromatic heterocycles. The Morgan fingerprint density at radius 1 is 0.507 bits per heavy atom. The fourth-order valence-corrected chi connectivity index (χ4v) is 9.92. The second-order valence-corrected chi connectivity index (χ2v) is 22.1. The van der Waals surface area contributed by atoms with Crippen LogP contribution in [0.3, 0.4) is 0 Å². The van der Waals surface area contributed by atoms with E-state index in [1.54, 1.807) is 6.08 Å². The van der Waals surface area contributed by atoms with Crippen molar-refractivity contribution in [1.82, 2.24) is 5.32 Å². The van der Waals surface area contributed by atoms with Gasteiger partial charge in [-0.1, -0.05) is 256 Å². The number of rotatable bonds is 54. The lowest BCUT2D eigenvalue weighted by Crippen LogP contribution is -2.61. The zero-order valence-electron chi connectivity index (χ0n) is 48.7. The van der Waals surface area contributed by atoms with Gasteiger partial charge in [-0.2, -0.15) is 0 Å². The van der Waals surface area contributed by atoms with Crippen LogP contribution in [0.1, 0.15) is 297 Å². The van der Waals surface area contributed by atoms with Crippen LogP contribution in [0.15, 0.2) is 36.5 Å². The second-order valence-electron chi connectivity index (χ2n) is 22.1. The summed E-state index contributed by atoms with van der Waals surface area (Å²) < 4.78 is 17.6. The van der Waals surface area contributed by atoms with Crippen molar-refractivity contribution in [2.24, 2.45) is 0 Å². The first kappa shape index (κ1) is 70.9. The fourth-order valence-electron chi connectivity index (χ4n) is 9.92. The van der Waals surface area contributed by atoms with Gasteiger partial charge < -0.3 is 45.1 Å². The average Bonchev–Trinajstić information content (AvgIpc) is 3.41. The molecule has 11 heteroatoms. The zero-order chi connectivity index (χ0) is 54.7. The van der Waals surface area contributed by atoms with Crippen molar-refractivity contribution < 1.29 is 49.3 Å². The number of aliphatic hydroxyl groups excluding tert-OH is 5. The van der Waals surface area contributed by atoms with Gasteiger partial charge in [0.1, 0.15) is 24.4 Å². The first-order valence-electron chi connectivity index (χ1n) is 31.8. The number of carbonyl (C=O) groups is 2. The minimum absolute atomic E-state index is 0.115. The lowest BCUT2D eigenvalue weighted by molar-refractivity contribution is -0.305. The monoisotopic (exact) mass is 1060 g/mol. The molecular weight excluding hydrogens is 943 g/mol. The van der Waals surface area contributed by atoms with Crippen LogP contribution in [0.2, 0.25) is 0 Å². The normalized spacial score (nSPS) is 19.4. The molecule has 0 aliphatic carbocycles. The Balaban J connectivity index is 2.57. The van der Waals surface area contributed by atoms with Gasteiger partial charge in [-0.3, -0.25) is 9.59 Å². The number of unbranched alkanes of at least 4 members (excludes halogenated alkanes) is 36. The number of nitrogens with one attached hydrogen (secondary N) is 1. The van der Waals surface area contributed by atoms with Crippen LogP contribution in [0.4, 0.5) is 0 Å². The van der Waals surface area contributed by atoms with Crippen molar-refractivity contribution in [1.29, 1.82) is 0 Å². The zero-order valence-corrected chi connectivity index (χ0v) is 48.7. The number of allylic oxidation sites excluding steroid dienone is 5. The van der Waals surface area contributed by atoms with E-state index >= 15 is 0 Å². The summed E-state index contributed by atoms with van der Waals surface area (Å²) in [6.07, 6.45) is 52.1. The largest absolute Gasteiger partial charge is 0.454 e.